The highest BCUT2D eigenvalue weighted by molar-refractivity contribution is 6.01. The number of nitrogens with zero attached hydrogens (tertiary/aromatic N) is 4. The number of hydroxylamine groups is 2. The molecule has 0 aromatic carbocycles. The molecule has 1 aliphatic carbocycles. The van der Waals surface area contributed by atoms with Crippen molar-refractivity contribution in [3.63, 3.8) is 0 Å². The van der Waals surface area contributed by atoms with Crippen molar-refractivity contribution >= 4 is 53.6 Å². The molecule has 0 unspecified atom stereocenters. The van der Waals surface area contributed by atoms with E-state index in [1.54, 1.807) is 54.7 Å². The first-order valence-electron chi connectivity index (χ1n) is 22.3. The van der Waals surface area contributed by atoms with Crippen molar-refractivity contribution < 1.29 is 52.7 Å². The third-order valence-corrected chi connectivity index (χ3v) is 11.4. The zero-order chi connectivity index (χ0) is 49.7. The molecule has 1 aliphatic heterocycles. The van der Waals surface area contributed by atoms with Crippen LogP contribution in [0.15, 0.2) is 23.9 Å². The number of aromatic nitrogens is 1. The number of hydrogen-bond acceptors (Lipinski definition) is 11. The predicted molar refractivity (Wildman–Crippen MR) is 244 cm³/mol. The number of carbonyl (C=O) groups excluding carboxylic acids is 8. The molecule has 4 atom stereocenters. The third kappa shape index (κ3) is 14.0. The summed E-state index contributed by atoms with van der Waals surface area (Å²) in [6.45, 7) is 24.7. The number of ether oxygens (including phenoxy) is 2. The van der Waals surface area contributed by atoms with Gasteiger partial charge in [0.25, 0.3) is 11.8 Å². The highest BCUT2D eigenvalue weighted by Gasteiger charge is 2.47. The lowest BCUT2D eigenvalue weighted by molar-refractivity contribution is -0.197. The van der Waals surface area contributed by atoms with E-state index >= 15 is 0 Å². The summed E-state index contributed by atoms with van der Waals surface area (Å²) < 4.78 is 13.4. The second-order valence-electron chi connectivity index (χ2n) is 21.2. The van der Waals surface area contributed by atoms with E-state index < -0.39 is 100 Å². The molecule has 2 aliphatic rings. The largest absolute Gasteiger partial charge is 0.458 e. The van der Waals surface area contributed by atoms with E-state index in [0.717, 1.165) is 29.7 Å². The van der Waals surface area contributed by atoms with Gasteiger partial charge in [0, 0.05) is 56.9 Å². The number of carbonyl (C=O) groups is 8. The number of nitrogens with one attached hydrogen (secondary N) is 2. The lowest BCUT2D eigenvalue weighted by Crippen LogP contribution is -2.63. The van der Waals surface area contributed by atoms with Gasteiger partial charge in [-0.05, 0) is 90.2 Å². The minimum atomic E-state index is -1.33. The molecule has 1 aromatic heterocycles. The van der Waals surface area contributed by atoms with E-state index in [9.17, 15) is 38.4 Å². The average Bonchev–Trinajstić information content (AvgIpc) is 3.68. The molecule has 1 fully saturated rings. The van der Waals surface area contributed by atoms with Crippen molar-refractivity contribution in [3.8, 4) is 0 Å². The summed E-state index contributed by atoms with van der Waals surface area (Å²) in [7, 11) is 5.07. The van der Waals surface area contributed by atoms with E-state index in [-0.39, 0.29) is 30.8 Å². The van der Waals surface area contributed by atoms with E-state index in [4.69, 9.17) is 14.3 Å². The number of fused-ring (bicyclic) bond motifs is 1. The molecule has 6 amide bonds. The van der Waals surface area contributed by atoms with Crippen LogP contribution in [0.25, 0.3) is 6.08 Å². The molecule has 17 nitrogen and oxygen atoms in total. The topological polar surface area (TPSA) is 203 Å². The number of esters is 1. The zero-order valence-electron chi connectivity index (χ0n) is 41.7. The number of allylic oxidation sites excluding steroid dienone is 1. The standard InChI is InChI=1S/C48H74N6O11/c1-28(2)34(26-29(3)40(58)49-32(43(61)63-46(7,8)9)22-25-37(57)65-54-35(55)23-24-36(54)56)52(16)42(60)38(45(4,5)6)50-41(59)39(53(17)44(62)64-47(10,11)12)48(13,14)31-27-51(15)33-21-19-18-20-30(31)33/h18,20,26-28,32,34,38-39H,19,21-25H2,1-17H3,(H,49,58)(H,50,59)/b29-26+/t32-,34-,38-,39-/m1/s1. The normalized spacial score (nSPS) is 16.6. The van der Waals surface area contributed by atoms with Gasteiger partial charge in [-0.1, -0.05) is 66.7 Å². The van der Waals surface area contributed by atoms with Crippen LogP contribution in [0.2, 0.25) is 0 Å². The van der Waals surface area contributed by atoms with Crippen LogP contribution in [-0.2, 0) is 66.8 Å². The van der Waals surface area contributed by atoms with Gasteiger partial charge in [-0.25, -0.2) is 14.4 Å². The Bertz CT molecular complexity index is 2040. The molecule has 362 valence electrons. The summed E-state index contributed by atoms with van der Waals surface area (Å²) in [4.78, 5) is 115. The molecule has 17 heteroatoms. The molecular weight excluding hydrogens is 837 g/mol. The van der Waals surface area contributed by atoms with Gasteiger partial charge in [0.1, 0.15) is 29.3 Å². The summed E-state index contributed by atoms with van der Waals surface area (Å²) in [5.74, 6) is -5.03. The molecule has 2 heterocycles. The van der Waals surface area contributed by atoms with Crippen molar-refractivity contribution in [2.45, 2.75) is 176 Å². The summed E-state index contributed by atoms with van der Waals surface area (Å²) in [6.07, 6.45) is 7.85. The predicted octanol–water partition coefficient (Wildman–Crippen LogP) is 5.67. The van der Waals surface area contributed by atoms with Crippen molar-refractivity contribution in [2.24, 2.45) is 18.4 Å². The smallest absolute Gasteiger partial charge is 0.410 e. The van der Waals surface area contributed by atoms with Crippen molar-refractivity contribution in [1.82, 2.24) is 30.1 Å². The molecule has 1 saturated heterocycles. The minimum Gasteiger partial charge on any atom is -0.458 e. The van der Waals surface area contributed by atoms with Crippen LogP contribution < -0.4 is 10.6 Å². The van der Waals surface area contributed by atoms with Gasteiger partial charge in [0.05, 0.1) is 12.5 Å². The van der Waals surface area contributed by atoms with Gasteiger partial charge < -0.3 is 34.4 Å². The summed E-state index contributed by atoms with van der Waals surface area (Å²) >= 11 is 0. The molecule has 0 saturated carbocycles. The number of hydrogen-bond donors (Lipinski definition) is 2. The van der Waals surface area contributed by atoms with E-state index in [1.165, 1.54) is 23.8 Å². The highest BCUT2D eigenvalue weighted by Crippen LogP contribution is 2.38. The fourth-order valence-corrected chi connectivity index (χ4v) is 7.96. The van der Waals surface area contributed by atoms with Crippen molar-refractivity contribution in [1.29, 1.82) is 0 Å². The quantitative estimate of drug-likeness (QED) is 0.118. The molecule has 0 radical (unpaired) electrons. The molecule has 1 aromatic rings. The summed E-state index contributed by atoms with van der Waals surface area (Å²) in [5, 5.41) is 6.09. The van der Waals surface area contributed by atoms with Gasteiger partial charge >= 0.3 is 18.0 Å². The first-order valence-corrected chi connectivity index (χ1v) is 22.3. The van der Waals surface area contributed by atoms with Crippen LogP contribution in [-0.4, -0.2) is 116 Å². The molecule has 0 bridgehead atoms. The molecule has 0 spiro atoms. The van der Waals surface area contributed by atoms with Gasteiger partial charge in [-0.15, -0.1) is 5.06 Å². The number of aryl methyl sites for hydroxylation is 1. The lowest BCUT2D eigenvalue weighted by Gasteiger charge is -2.42. The van der Waals surface area contributed by atoms with Gasteiger partial charge in [-0.3, -0.25) is 28.9 Å². The second kappa shape index (κ2) is 20.8. The SMILES string of the molecule is C/C(=C\[C@H](C(C)C)N(C)C(=O)[C@@H](NC(=O)[C@@H](N(C)C(=O)OC(C)(C)C)C(C)(C)c1cn(C)c2c1C=CCC2)C(C)(C)C)C(=O)N[C@H](CCC(=O)ON1C(=O)CCC1=O)C(=O)OC(C)(C)C. The van der Waals surface area contributed by atoms with Gasteiger partial charge in [0.2, 0.25) is 17.7 Å². The fourth-order valence-electron chi connectivity index (χ4n) is 7.96. The van der Waals surface area contributed by atoms with Crippen LogP contribution in [0.3, 0.4) is 0 Å². The Balaban J connectivity index is 1.95. The molecular formula is C48H74N6O11. The van der Waals surface area contributed by atoms with Crippen LogP contribution >= 0.6 is 0 Å². The zero-order valence-corrected chi connectivity index (χ0v) is 41.7. The first-order chi connectivity index (χ1) is 29.7. The number of amides is 6. The lowest BCUT2D eigenvalue weighted by atomic mass is 9.74. The number of likely N-dealkylation sites (N-methyl/N-ethyl adjacent to an activating group) is 2. The van der Waals surface area contributed by atoms with E-state index in [1.807, 2.05) is 61.7 Å². The summed E-state index contributed by atoms with van der Waals surface area (Å²) in [5.41, 5.74) is -0.516. The maximum atomic E-state index is 14.9. The molecule has 2 N–H and O–H groups in total. The van der Waals surface area contributed by atoms with E-state index in [2.05, 4.69) is 27.4 Å². The molecule has 3 rings (SSSR count). The highest BCUT2D eigenvalue weighted by atomic mass is 16.7. The van der Waals surface area contributed by atoms with Gasteiger partial charge in [-0.2, -0.15) is 0 Å². The Labute approximate surface area is 384 Å². The Morgan fingerprint density at radius 1 is 0.831 bits per heavy atom. The van der Waals surface area contributed by atoms with Crippen LogP contribution in [0.5, 0.6) is 0 Å². The maximum absolute atomic E-state index is 14.9. The van der Waals surface area contributed by atoms with Crippen molar-refractivity contribution in [2.75, 3.05) is 14.1 Å². The van der Waals surface area contributed by atoms with E-state index in [0.29, 0.717) is 5.06 Å². The van der Waals surface area contributed by atoms with Crippen molar-refractivity contribution in [3.05, 3.63) is 40.7 Å². The Morgan fingerprint density at radius 2 is 1.40 bits per heavy atom. The average molecular weight is 911 g/mol. The fraction of sp³-hybridized carbons (Fsp3) is 0.667. The Morgan fingerprint density at radius 3 is 1.92 bits per heavy atom. The third-order valence-electron chi connectivity index (χ3n) is 11.4. The number of rotatable bonds is 16. The maximum Gasteiger partial charge on any atom is 0.410 e. The molecule has 65 heavy (non-hydrogen) atoms. The monoisotopic (exact) mass is 911 g/mol. The minimum absolute atomic E-state index is 0.0848. The van der Waals surface area contributed by atoms with Crippen LogP contribution in [0.4, 0.5) is 4.79 Å². The Hall–Kier alpha value is -5.48. The first kappa shape index (κ1) is 53.9. The van der Waals surface area contributed by atoms with Crippen LogP contribution in [0, 0.1) is 11.3 Å². The number of imide groups is 1. The van der Waals surface area contributed by atoms with Gasteiger partial charge in [0.15, 0.2) is 0 Å². The Kier molecular flexibility index (Phi) is 17.2. The second-order valence-corrected chi connectivity index (χ2v) is 21.2. The summed E-state index contributed by atoms with van der Waals surface area (Å²) in [6, 6.07) is -4.27. The van der Waals surface area contributed by atoms with Crippen LogP contribution in [0.1, 0.15) is 146 Å².